The van der Waals surface area contributed by atoms with E-state index in [0.29, 0.717) is 6.04 Å². The Labute approximate surface area is 138 Å². The number of nitrogens with zero attached hydrogens (tertiary/aromatic N) is 2. The van der Waals surface area contributed by atoms with Gasteiger partial charge in [-0.05, 0) is 55.4 Å². The first kappa shape index (κ1) is 14.1. The number of amides is 1. The minimum absolute atomic E-state index is 0.0407. The Morgan fingerprint density at radius 3 is 2.91 bits per heavy atom. The van der Waals surface area contributed by atoms with Crippen LogP contribution in [0.15, 0.2) is 22.7 Å². The van der Waals surface area contributed by atoms with E-state index >= 15 is 0 Å². The van der Waals surface area contributed by atoms with Crippen molar-refractivity contribution in [3.8, 4) is 6.19 Å². The molecule has 2 saturated heterocycles. The molecule has 1 aliphatic carbocycles. The highest BCUT2D eigenvalue weighted by Crippen LogP contribution is 2.37. The fourth-order valence-corrected chi connectivity index (χ4v) is 4.78. The quantitative estimate of drug-likeness (QED) is 0.824. The molecule has 3 unspecified atom stereocenters. The van der Waals surface area contributed by atoms with Gasteiger partial charge in [-0.3, -0.25) is 4.79 Å². The molecule has 2 bridgehead atoms. The molecule has 0 spiro atoms. The summed E-state index contributed by atoms with van der Waals surface area (Å²) >= 11 is 3.49. The van der Waals surface area contributed by atoms with E-state index in [4.69, 9.17) is 0 Å². The molecule has 3 aliphatic rings. The maximum atomic E-state index is 12.6. The molecule has 1 aromatic rings. The van der Waals surface area contributed by atoms with Crippen LogP contribution in [-0.2, 0) is 17.6 Å². The van der Waals surface area contributed by atoms with Crippen LogP contribution in [0.2, 0.25) is 0 Å². The largest absolute Gasteiger partial charge is 0.351 e. The van der Waals surface area contributed by atoms with Crippen molar-refractivity contribution in [2.24, 2.45) is 5.92 Å². The highest BCUT2D eigenvalue weighted by atomic mass is 79.9. The lowest BCUT2D eigenvalue weighted by Gasteiger charge is -2.23. The average molecular weight is 360 g/mol. The standard InChI is InChI=1S/C17H18BrN3O/c18-13-2-1-10-5-12(6-11(10)7-13)17(22)20-15-8-14-3-4-16(15)21(14)9-19/h1-2,7,12,14-16H,3-6,8H2,(H,20,22)/t12-,14?,15?,16?/m1/s1. The topological polar surface area (TPSA) is 56.1 Å². The summed E-state index contributed by atoms with van der Waals surface area (Å²) in [5.41, 5.74) is 2.57. The van der Waals surface area contributed by atoms with Crippen LogP contribution in [0.5, 0.6) is 0 Å². The number of nitrogens with one attached hydrogen (secondary N) is 1. The van der Waals surface area contributed by atoms with Crippen LogP contribution in [0.1, 0.15) is 30.4 Å². The van der Waals surface area contributed by atoms with E-state index in [1.807, 2.05) is 11.0 Å². The molecule has 2 heterocycles. The zero-order chi connectivity index (χ0) is 15.3. The van der Waals surface area contributed by atoms with Crippen molar-refractivity contribution in [2.75, 3.05) is 0 Å². The van der Waals surface area contributed by atoms with E-state index in [1.165, 1.54) is 11.1 Å². The Kier molecular flexibility index (Phi) is 3.37. The van der Waals surface area contributed by atoms with E-state index in [2.05, 4.69) is 39.6 Å². The normalized spacial score (nSPS) is 31.9. The molecule has 22 heavy (non-hydrogen) atoms. The second kappa shape index (κ2) is 5.27. The number of carbonyl (C=O) groups is 1. The average Bonchev–Trinajstić information content (AvgIpc) is 3.17. The van der Waals surface area contributed by atoms with E-state index in [9.17, 15) is 10.1 Å². The van der Waals surface area contributed by atoms with E-state index in [0.717, 1.165) is 36.6 Å². The monoisotopic (exact) mass is 359 g/mol. The van der Waals surface area contributed by atoms with Gasteiger partial charge in [-0.25, -0.2) is 0 Å². The lowest BCUT2D eigenvalue weighted by molar-refractivity contribution is -0.125. The first-order valence-electron chi connectivity index (χ1n) is 7.91. The van der Waals surface area contributed by atoms with E-state index < -0.39 is 0 Å². The van der Waals surface area contributed by atoms with Gasteiger partial charge in [0.05, 0.1) is 12.1 Å². The minimum atomic E-state index is 0.0407. The predicted molar refractivity (Wildman–Crippen MR) is 85.8 cm³/mol. The van der Waals surface area contributed by atoms with E-state index in [1.54, 1.807) is 0 Å². The lowest BCUT2D eigenvalue weighted by atomic mass is 9.94. The van der Waals surface area contributed by atoms with Crippen molar-refractivity contribution in [2.45, 2.75) is 50.2 Å². The Morgan fingerprint density at radius 2 is 2.14 bits per heavy atom. The highest BCUT2D eigenvalue weighted by molar-refractivity contribution is 9.10. The van der Waals surface area contributed by atoms with Crippen LogP contribution in [0.4, 0.5) is 0 Å². The third kappa shape index (κ3) is 2.21. The molecular formula is C17H18BrN3O. The highest BCUT2D eigenvalue weighted by Gasteiger charge is 2.47. The van der Waals surface area contributed by atoms with Crippen molar-refractivity contribution >= 4 is 21.8 Å². The van der Waals surface area contributed by atoms with Crippen LogP contribution in [0.25, 0.3) is 0 Å². The second-order valence-corrected chi connectivity index (χ2v) is 7.59. The molecule has 114 valence electrons. The molecule has 5 heteroatoms. The molecule has 4 atom stereocenters. The molecule has 0 aromatic heterocycles. The van der Waals surface area contributed by atoms with Crippen LogP contribution in [-0.4, -0.2) is 28.9 Å². The number of nitriles is 1. The predicted octanol–water partition coefficient (Wildman–Crippen LogP) is 2.37. The molecule has 2 aliphatic heterocycles. The van der Waals surface area contributed by atoms with Crippen molar-refractivity contribution in [1.82, 2.24) is 10.2 Å². The third-order valence-corrected chi connectivity index (χ3v) is 5.94. The molecule has 1 aromatic carbocycles. The zero-order valence-electron chi connectivity index (χ0n) is 12.3. The Balaban J connectivity index is 1.42. The van der Waals surface area contributed by atoms with Crippen LogP contribution in [0, 0.1) is 17.4 Å². The fourth-order valence-electron chi connectivity index (χ4n) is 4.37. The van der Waals surface area contributed by atoms with Gasteiger partial charge < -0.3 is 10.2 Å². The van der Waals surface area contributed by atoms with Gasteiger partial charge in [0.25, 0.3) is 0 Å². The first-order valence-corrected chi connectivity index (χ1v) is 8.71. The summed E-state index contributed by atoms with van der Waals surface area (Å²) in [6.07, 6.45) is 6.99. The number of hydrogen-bond acceptors (Lipinski definition) is 3. The molecule has 0 saturated carbocycles. The van der Waals surface area contributed by atoms with E-state index in [-0.39, 0.29) is 23.9 Å². The molecule has 4 nitrogen and oxygen atoms in total. The lowest BCUT2D eigenvalue weighted by Crippen LogP contribution is -2.45. The summed E-state index contributed by atoms with van der Waals surface area (Å²) < 4.78 is 1.07. The number of fused-ring (bicyclic) bond motifs is 3. The van der Waals surface area contributed by atoms with Crippen molar-refractivity contribution in [1.29, 1.82) is 5.26 Å². The molecule has 1 amide bonds. The zero-order valence-corrected chi connectivity index (χ0v) is 13.8. The molecule has 4 rings (SSSR count). The Bertz CT molecular complexity index is 668. The van der Waals surface area contributed by atoms with Crippen molar-refractivity contribution in [3.05, 3.63) is 33.8 Å². The van der Waals surface area contributed by atoms with Gasteiger partial charge in [-0.1, -0.05) is 22.0 Å². The Hall–Kier alpha value is -1.54. The van der Waals surface area contributed by atoms with Gasteiger partial charge in [0.2, 0.25) is 5.91 Å². The Morgan fingerprint density at radius 1 is 1.32 bits per heavy atom. The number of rotatable bonds is 2. The van der Waals surface area contributed by atoms with Crippen molar-refractivity contribution in [3.63, 3.8) is 0 Å². The van der Waals surface area contributed by atoms with Gasteiger partial charge in [0, 0.05) is 16.4 Å². The number of benzene rings is 1. The molecular weight excluding hydrogens is 342 g/mol. The molecule has 2 fully saturated rings. The SMILES string of the molecule is N#CN1C2CCC1C(NC(=O)[C@@H]1Cc3ccc(Br)cc3C1)C2. The summed E-state index contributed by atoms with van der Waals surface area (Å²) in [6, 6.07) is 6.99. The summed E-state index contributed by atoms with van der Waals surface area (Å²) in [4.78, 5) is 14.5. The summed E-state index contributed by atoms with van der Waals surface area (Å²) in [5, 5.41) is 12.4. The number of carbonyl (C=O) groups excluding carboxylic acids is 1. The van der Waals surface area contributed by atoms with Gasteiger partial charge in [0.1, 0.15) is 0 Å². The summed E-state index contributed by atoms with van der Waals surface area (Å²) in [6.45, 7) is 0. The summed E-state index contributed by atoms with van der Waals surface area (Å²) in [7, 11) is 0. The maximum Gasteiger partial charge on any atom is 0.224 e. The smallest absolute Gasteiger partial charge is 0.224 e. The van der Waals surface area contributed by atoms with Gasteiger partial charge in [-0.2, -0.15) is 5.26 Å². The van der Waals surface area contributed by atoms with Gasteiger partial charge in [0.15, 0.2) is 6.19 Å². The van der Waals surface area contributed by atoms with Gasteiger partial charge >= 0.3 is 0 Å². The maximum absolute atomic E-state index is 12.6. The third-order valence-electron chi connectivity index (χ3n) is 5.45. The number of hydrogen-bond donors (Lipinski definition) is 1. The van der Waals surface area contributed by atoms with Crippen molar-refractivity contribution < 1.29 is 4.79 Å². The van der Waals surface area contributed by atoms with Crippen LogP contribution < -0.4 is 5.32 Å². The fraction of sp³-hybridized carbons (Fsp3) is 0.529. The van der Waals surface area contributed by atoms with Gasteiger partial charge in [-0.15, -0.1) is 0 Å². The first-order chi connectivity index (χ1) is 10.7. The number of halogens is 1. The van der Waals surface area contributed by atoms with Crippen LogP contribution in [0.3, 0.4) is 0 Å². The summed E-state index contributed by atoms with van der Waals surface area (Å²) in [5.74, 6) is 0.196. The second-order valence-electron chi connectivity index (χ2n) is 6.67. The molecule has 1 N–H and O–H groups in total. The molecule has 0 radical (unpaired) electrons. The minimum Gasteiger partial charge on any atom is -0.351 e. The van der Waals surface area contributed by atoms with Crippen LogP contribution >= 0.6 is 15.9 Å².